The zero-order chi connectivity index (χ0) is 19.5. The van der Waals surface area contributed by atoms with E-state index in [1.807, 2.05) is 0 Å². The zero-order valence-corrected chi connectivity index (χ0v) is 16.3. The Kier molecular flexibility index (Phi) is 5.42. The monoisotopic (exact) mass is 378 g/mol. The average molecular weight is 378 g/mol. The van der Waals surface area contributed by atoms with Crippen LogP contribution in [0.3, 0.4) is 0 Å². The molecule has 2 aliphatic rings. The molecule has 0 aliphatic heterocycles. The van der Waals surface area contributed by atoms with E-state index < -0.39 is 5.97 Å². The smallest absolute Gasteiger partial charge is 0.339 e. The van der Waals surface area contributed by atoms with Crippen molar-refractivity contribution in [2.45, 2.75) is 57.3 Å². The second-order valence-electron chi connectivity index (χ2n) is 7.77. The lowest BCUT2D eigenvalue weighted by molar-refractivity contribution is 0.0600. The van der Waals surface area contributed by atoms with Gasteiger partial charge in [-0.05, 0) is 85.4 Å². The lowest BCUT2D eigenvalue weighted by Gasteiger charge is -2.20. The van der Waals surface area contributed by atoms with Gasteiger partial charge in [-0.2, -0.15) is 0 Å². The molecule has 0 atom stereocenters. The second-order valence-corrected chi connectivity index (χ2v) is 7.77. The van der Waals surface area contributed by atoms with Crippen LogP contribution in [0.2, 0.25) is 0 Å². The summed E-state index contributed by atoms with van der Waals surface area (Å²) in [5.74, 6) is -0.0374. The van der Waals surface area contributed by atoms with Gasteiger partial charge in [-0.3, -0.25) is 9.78 Å². The van der Waals surface area contributed by atoms with Crippen molar-refractivity contribution in [3.05, 3.63) is 58.4 Å². The summed E-state index contributed by atoms with van der Waals surface area (Å²) in [5, 5.41) is 3.01. The maximum atomic E-state index is 12.7. The van der Waals surface area contributed by atoms with Crippen LogP contribution < -0.4 is 5.32 Å². The van der Waals surface area contributed by atoms with E-state index in [1.165, 1.54) is 63.0 Å². The summed E-state index contributed by atoms with van der Waals surface area (Å²) in [7, 11) is 1.32. The van der Waals surface area contributed by atoms with Crippen molar-refractivity contribution >= 4 is 17.6 Å². The number of rotatable bonds is 3. The van der Waals surface area contributed by atoms with Crippen LogP contribution in [-0.4, -0.2) is 24.0 Å². The summed E-state index contributed by atoms with van der Waals surface area (Å²) in [5.41, 5.74) is 5.84. The Balaban J connectivity index is 1.58. The Labute approximate surface area is 165 Å². The molecule has 1 aromatic heterocycles. The molecule has 1 N–H and O–H groups in total. The highest BCUT2D eigenvalue weighted by Crippen LogP contribution is 2.40. The molecule has 0 saturated heterocycles. The summed E-state index contributed by atoms with van der Waals surface area (Å²) in [6.07, 6.45) is 11.2. The van der Waals surface area contributed by atoms with Gasteiger partial charge >= 0.3 is 5.97 Å². The van der Waals surface area contributed by atoms with Crippen LogP contribution >= 0.6 is 0 Å². The molecule has 0 fully saturated rings. The number of carbonyl (C=O) groups excluding carboxylic acids is 2. The Morgan fingerprint density at radius 1 is 1.04 bits per heavy atom. The number of esters is 1. The van der Waals surface area contributed by atoms with Crippen molar-refractivity contribution in [3.63, 3.8) is 0 Å². The number of methoxy groups -OCH3 is 1. The van der Waals surface area contributed by atoms with Gasteiger partial charge < -0.3 is 10.1 Å². The SMILES string of the molecule is COC(=O)c1ccc(C(=O)Nc2cc3c4c(c2)CCCCC4CCCC3)nc1. The first-order valence-corrected chi connectivity index (χ1v) is 10.2. The molecule has 1 amide bonds. The molecule has 5 heteroatoms. The fourth-order valence-electron chi connectivity index (χ4n) is 4.60. The van der Waals surface area contributed by atoms with Crippen LogP contribution in [0.25, 0.3) is 0 Å². The van der Waals surface area contributed by atoms with Gasteiger partial charge in [0, 0.05) is 11.9 Å². The number of nitrogens with zero attached hydrogens (tertiary/aromatic N) is 1. The Hall–Kier alpha value is -2.69. The third kappa shape index (κ3) is 3.79. The number of ether oxygens (including phenoxy) is 1. The van der Waals surface area contributed by atoms with Gasteiger partial charge in [-0.1, -0.05) is 12.8 Å². The van der Waals surface area contributed by atoms with Crippen LogP contribution in [0.15, 0.2) is 30.5 Å². The molecule has 146 valence electrons. The minimum absolute atomic E-state index is 0.262. The van der Waals surface area contributed by atoms with Crippen LogP contribution in [0.4, 0.5) is 5.69 Å². The van der Waals surface area contributed by atoms with E-state index in [1.54, 1.807) is 17.7 Å². The number of hydrogen-bond acceptors (Lipinski definition) is 4. The van der Waals surface area contributed by atoms with Crippen LogP contribution in [-0.2, 0) is 17.6 Å². The molecule has 4 rings (SSSR count). The van der Waals surface area contributed by atoms with E-state index in [4.69, 9.17) is 0 Å². The predicted octanol–water partition coefficient (Wildman–Crippen LogP) is 4.66. The number of carbonyl (C=O) groups is 2. The number of nitrogens with one attached hydrogen (secondary N) is 1. The molecule has 1 aromatic carbocycles. The lowest BCUT2D eigenvalue weighted by atomic mass is 9.87. The number of anilines is 1. The molecular weight excluding hydrogens is 352 g/mol. The summed E-state index contributed by atoms with van der Waals surface area (Å²) < 4.78 is 4.67. The quantitative estimate of drug-likeness (QED) is 0.789. The van der Waals surface area contributed by atoms with E-state index in [9.17, 15) is 9.59 Å². The predicted molar refractivity (Wildman–Crippen MR) is 108 cm³/mol. The van der Waals surface area contributed by atoms with Crippen molar-refractivity contribution < 1.29 is 14.3 Å². The normalized spacial score (nSPS) is 16.5. The van der Waals surface area contributed by atoms with Crippen molar-refractivity contribution in [1.82, 2.24) is 4.98 Å². The van der Waals surface area contributed by atoms with Crippen LogP contribution in [0.1, 0.15) is 82.0 Å². The molecule has 5 nitrogen and oxygen atoms in total. The molecule has 0 bridgehead atoms. The number of benzene rings is 1. The van der Waals surface area contributed by atoms with Gasteiger partial charge in [-0.15, -0.1) is 0 Å². The van der Waals surface area contributed by atoms with Gasteiger partial charge in [0.15, 0.2) is 0 Å². The topological polar surface area (TPSA) is 68.3 Å². The van der Waals surface area contributed by atoms with Gasteiger partial charge in [0.2, 0.25) is 0 Å². The number of pyridine rings is 1. The molecular formula is C23H26N2O3. The zero-order valence-electron chi connectivity index (χ0n) is 16.3. The lowest BCUT2D eigenvalue weighted by Crippen LogP contribution is -2.15. The minimum atomic E-state index is -0.463. The van der Waals surface area contributed by atoms with Crippen LogP contribution in [0.5, 0.6) is 0 Å². The van der Waals surface area contributed by atoms with Gasteiger partial charge in [0.1, 0.15) is 5.69 Å². The van der Waals surface area contributed by atoms with E-state index in [0.717, 1.165) is 18.5 Å². The van der Waals surface area contributed by atoms with Crippen molar-refractivity contribution in [2.75, 3.05) is 12.4 Å². The van der Waals surface area contributed by atoms with Crippen molar-refractivity contribution in [1.29, 1.82) is 0 Å². The van der Waals surface area contributed by atoms with Crippen molar-refractivity contribution in [2.24, 2.45) is 0 Å². The number of hydrogen-bond donors (Lipinski definition) is 1. The highest BCUT2D eigenvalue weighted by Gasteiger charge is 2.25. The fraction of sp³-hybridized carbons (Fsp3) is 0.435. The molecule has 0 saturated carbocycles. The van der Waals surface area contributed by atoms with Gasteiger partial charge in [-0.25, -0.2) is 4.79 Å². The fourth-order valence-corrected chi connectivity index (χ4v) is 4.60. The van der Waals surface area contributed by atoms with Crippen LogP contribution in [0, 0.1) is 0 Å². The standard InChI is InChI=1S/C23H26N2O3/c1-28-23(27)18-10-11-20(24-14-18)22(26)25-19-12-16-8-4-2-6-15-7-3-5-9-17(13-19)21(15)16/h10-15H,2-9H2,1H3,(H,25,26). The molecule has 0 radical (unpaired) electrons. The molecule has 1 heterocycles. The van der Waals surface area contributed by atoms with E-state index in [2.05, 4.69) is 27.2 Å². The third-order valence-corrected chi connectivity index (χ3v) is 5.93. The van der Waals surface area contributed by atoms with Gasteiger partial charge in [0.25, 0.3) is 5.91 Å². The highest BCUT2D eigenvalue weighted by molar-refractivity contribution is 6.03. The molecule has 28 heavy (non-hydrogen) atoms. The van der Waals surface area contributed by atoms with E-state index >= 15 is 0 Å². The summed E-state index contributed by atoms with van der Waals surface area (Å²) >= 11 is 0. The Morgan fingerprint density at radius 3 is 2.29 bits per heavy atom. The molecule has 2 aromatic rings. The van der Waals surface area contributed by atoms with E-state index in [0.29, 0.717) is 11.5 Å². The minimum Gasteiger partial charge on any atom is -0.465 e. The Morgan fingerprint density at radius 2 is 1.71 bits per heavy atom. The number of amides is 1. The first-order valence-electron chi connectivity index (χ1n) is 10.2. The summed E-state index contributed by atoms with van der Waals surface area (Å²) in [4.78, 5) is 28.3. The second kappa shape index (κ2) is 8.13. The molecule has 2 aliphatic carbocycles. The highest BCUT2D eigenvalue weighted by atomic mass is 16.5. The third-order valence-electron chi connectivity index (χ3n) is 5.93. The maximum Gasteiger partial charge on any atom is 0.339 e. The summed E-state index contributed by atoms with van der Waals surface area (Å²) in [6.45, 7) is 0. The molecule has 0 unspecified atom stereocenters. The van der Waals surface area contributed by atoms with Crippen molar-refractivity contribution in [3.8, 4) is 0 Å². The number of aromatic nitrogens is 1. The largest absolute Gasteiger partial charge is 0.465 e. The molecule has 0 spiro atoms. The van der Waals surface area contributed by atoms with E-state index in [-0.39, 0.29) is 11.6 Å². The van der Waals surface area contributed by atoms with Gasteiger partial charge in [0.05, 0.1) is 12.7 Å². The number of aryl methyl sites for hydroxylation is 2. The Bertz CT molecular complexity index is 856. The average Bonchev–Trinajstić information content (AvgIpc) is 3.05. The maximum absolute atomic E-state index is 12.7. The summed E-state index contributed by atoms with van der Waals surface area (Å²) in [6, 6.07) is 7.42. The first kappa shape index (κ1) is 18.7. The first-order chi connectivity index (χ1) is 13.7.